The summed E-state index contributed by atoms with van der Waals surface area (Å²) in [5, 5.41) is 4.69. The van der Waals surface area contributed by atoms with Gasteiger partial charge in [0.1, 0.15) is 6.10 Å². The molecule has 1 atom stereocenters. The molecule has 0 saturated heterocycles. The summed E-state index contributed by atoms with van der Waals surface area (Å²) in [5.41, 5.74) is 0.946. The van der Waals surface area contributed by atoms with Gasteiger partial charge in [-0.2, -0.15) is 10.1 Å². The Morgan fingerprint density at radius 3 is 2.70 bits per heavy atom. The number of hydrogen-bond acceptors (Lipinski definition) is 3. The van der Waals surface area contributed by atoms with E-state index in [1.54, 1.807) is 16.9 Å². The summed E-state index contributed by atoms with van der Waals surface area (Å²) in [6.07, 6.45) is 3.34. The molecule has 0 bridgehead atoms. The number of benzene rings is 1. The highest BCUT2D eigenvalue weighted by molar-refractivity contribution is 5.68. The first-order chi connectivity index (χ1) is 9.69. The van der Waals surface area contributed by atoms with Crippen molar-refractivity contribution < 1.29 is 9.53 Å². The summed E-state index contributed by atoms with van der Waals surface area (Å²) < 4.78 is 6.79. The molecule has 5 nitrogen and oxygen atoms in total. The lowest BCUT2D eigenvalue weighted by molar-refractivity contribution is 0.114. The Bertz CT molecular complexity index is 615. The van der Waals surface area contributed by atoms with Crippen LogP contribution in [0.2, 0.25) is 0 Å². The molecule has 5 heteroatoms. The van der Waals surface area contributed by atoms with Gasteiger partial charge >= 0.3 is 6.09 Å². The highest BCUT2D eigenvalue weighted by atomic mass is 16.6. The van der Waals surface area contributed by atoms with Crippen LogP contribution in [0.4, 0.5) is 4.79 Å². The third-order valence-corrected chi connectivity index (χ3v) is 2.82. The molecule has 1 unspecified atom stereocenters. The van der Waals surface area contributed by atoms with Crippen LogP contribution in [0.15, 0.2) is 53.8 Å². The minimum Gasteiger partial charge on any atom is -0.445 e. The summed E-state index contributed by atoms with van der Waals surface area (Å²) in [7, 11) is 0. The summed E-state index contributed by atoms with van der Waals surface area (Å²) in [6.45, 7) is 3.78. The normalized spacial score (nSPS) is 13.0. The van der Waals surface area contributed by atoms with Gasteiger partial charge in [-0.1, -0.05) is 25.1 Å². The van der Waals surface area contributed by atoms with Crippen LogP contribution in [-0.2, 0) is 4.74 Å². The lowest BCUT2D eigenvalue weighted by Gasteiger charge is -2.07. The van der Waals surface area contributed by atoms with Crippen molar-refractivity contribution in [1.29, 1.82) is 0 Å². The summed E-state index contributed by atoms with van der Waals surface area (Å²) in [6, 6.07) is 11.4. The van der Waals surface area contributed by atoms with E-state index < -0.39 is 6.09 Å². The predicted molar refractivity (Wildman–Crippen MR) is 75.4 cm³/mol. The zero-order valence-corrected chi connectivity index (χ0v) is 11.6. The van der Waals surface area contributed by atoms with E-state index in [0.29, 0.717) is 5.36 Å². The first kappa shape index (κ1) is 14.0. The van der Waals surface area contributed by atoms with Crippen LogP contribution < -0.4 is 5.36 Å². The molecule has 0 aliphatic rings. The lowest BCUT2D eigenvalue weighted by atomic mass is 10.3. The predicted octanol–water partition coefficient (Wildman–Crippen LogP) is 2.71. The maximum Gasteiger partial charge on any atom is 0.434 e. The molecule has 0 spiro atoms. The fourth-order valence-corrected chi connectivity index (χ4v) is 1.54. The third-order valence-electron chi connectivity index (χ3n) is 2.82. The van der Waals surface area contributed by atoms with Gasteiger partial charge in [-0.3, -0.25) is 0 Å². The second-order valence-electron chi connectivity index (χ2n) is 4.38. The van der Waals surface area contributed by atoms with Gasteiger partial charge in [0, 0.05) is 6.20 Å². The number of carbonyl (C=O) groups excluding carboxylic acids is 1. The van der Waals surface area contributed by atoms with Gasteiger partial charge in [0.25, 0.3) is 0 Å². The van der Waals surface area contributed by atoms with Crippen LogP contribution in [0, 0.1) is 0 Å². The zero-order chi connectivity index (χ0) is 14.4. The number of nitrogens with zero attached hydrogens (tertiary/aromatic N) is 3. The highest BCUT2D eigenvalue weighted by Crippen LogP contribution is 2.02. The molecule has 104 valence electrons. The smallest absolute Gasteiger partial charge is 0.434 e. The third kappa shape index (κ3) is 3.78. The number of carbonyl (C=O) groups is 1. The molecule has 0 saturated carbocycles. The Hall–Kier alpha value is -2.43. The van der Waals surface area contributed by atoms with E-state index in [9.17, 15) is 4.79 Å². The fraction of sp³-hybridized carbons (Fsp3) is 0.267. The maximum absolute atomic E-state index is 11.5. The summed E-state index contributed by atoms with van der Waals surface area (Å²) in [4.78, 5) is 15.4. The number of ether oxygens (including phenoxy) is 1. The van der Waals surface area contributed by atoms with Crippen LogP contribution in [0.5, 0.6) is 0 Å². The standard InChI is InChI=1S/C15H17N3O2/c1-3-12(2)20-15(19)17-13-9-10-18(16-11-13)14-7-5-4-6-8-14/h4-12H,3H2,1-2H3/b17-13+. The molecule has 1 amide bonds. The quantitative estimate of drug-likeness (QED) is 0.862. The van der Waals surface area contributed by atoms with Gasteiger partial charge in [-0.25, -0.2) is 9.48 Å². The number of amides is 1. The molecule has 0 aliphatic carbocycles. The Balaban J connectivity index is 2.14. The van der Waals surface area contributed by atoms with Gasteiger partial charge in [0.2, 0.25) is 0 Å². The van der Waals surface area contributed by atoms with Crippen molar-refractivity contribution in [2.75, 3.05) is 0 Å². The maximum atomic E-state index is 11.5. The number of rotatable bonds is 3. The number of hydrogen-bond donors (Lipinski definition) is 0. The van der Waals surface area contributed by atoms with Gasteiger partial charge in [-0.05, 0) is 31.5 Å². The lowest BCUT2D eigenvalue weighted by Crippen LogP contribution is -2.15. The van der Waals surface area contributed by atoms with Crippen molar-refractivity contribution in [2.24, 2.45) is 4.99 Å². The highest BCUT2D eigenvalue weighted by Gasteiger charge is 2.04. The van der Waals surface area contributed by atoms with E-state index in [1.807, 2.05) is 44.2 Å². The Morgan fingerprint density at radius 1 is 1.35 bits per heavy atom. The van der Waals surface area contributed by atoms with Crippen molar-refractivity contribution in [3.63, 3.8) is 0 Å². The average Bonchev–Trinajstić information content (AvgIpc) is 2.48. The van der Waals surface area contributed by atoms with Crippen molar-refractivity contribution in [3.8, 4) is 5.69 Å². The number of para-hydroxylation sites is 1. The molecule has 20 heavy (non-hydrogen) atoms. The van der Waals surface area contributed by atoms with E-state index >= 15 is 0 Å². The topological polar surface area (TPSA) is 56.5 Å². The molecule has 1 aromatic carbocycles. The number of aromatic nitrogens is 2. The molecule has 0 fully saturated rings. The van der Waals surface area contributed by atoms with E-state index in [1.165, 1.54) is 6.20 Å². The Morgan fingerprint density at radius 2 is 2.10 bits per heavy atom. The Kier molecular flexibility index (Phi) is 4.65. The summed E-state index contributed by atoms with van der Waals surface area (Å²) in [5.74, 6) is 0. The van der Waals surface area contributed by atoms with E-state index in [0.717, 1.165) is 12.1 Å². The Labute approximate surface area is 117 Å². The second-order valence-corrected chi connectivity index (χ2v) is 4.38. The first-order valence-electron chi connectivity index (χ1n) is 6.55. The van der Waals surface area contributed by atoms with Gasteiger partial charge in [0.05, 0.1) is 17.2 Å². The van der Waals surface area contributed by atoms with Crippen molar-refractivity contribution >= 4 is 6.09 Å². The molecule has 0 N–H and O–H groups in total. The van der Waals surface area contributed by atoms with Crippen LogP contribution in [0.3, 0.4) is 0 Å². The van der Waals surface area contributed by atoms with Gasteiger partial charge < -0.3 is 4.74 Å². The average molecular weight is 271 g/mol. The first-order valence-corrected chi connectivity index (χ1v) is 6.55. The molecule has 2 rings (SSSR count). The minimum atomic E-state index is -0.585. The molecule has 2 aromatic rings. The molecular weight excluding hydrogens is 254 g/mol. The van der Waals surface area contributed by atoms with Crippen LogP contribution in [0.1, 0.15) is 20.3 Å². The molecule has 1 aromatic heterocycles. The molecule has 0 radical (unpaired) electrons. The van der Waals surface area contributed by atoms with E-state index in [4.69, 9.17) is 4.74 Å². The van der Waals surface area contributed by atoms with Crippen LogP contribution >= 0.6 is 0 Å². The summed E-state index contributed by atoms with van der Waals surface area (Å²) >= 11 is 0. The largest absolute Gasteiger partial charge is 0.445 e. The molecular formula is C15H17N3O2. The minimum absolute atomic E-state index is 0.128. The van der Waals surface area contributed by atoms with Crippen LogP contribution in [0.25, 0.3) is 5.69 Å². The second kappa shape index (κ2) is 6.65. The van der Waals surface area contributed by atoms with Crippen molar-refractivity contribution in [2.45, 2.75) is 26.4 Å². The fourth-order valence-electron chi connectivity index (χ4n) is 1.54. The SMILES string of the molecule is CCC(C)OC(=O)/N=c1\ccn(-c2ccccc2)nc1. The van der Waals surface area contributed by atoms with E-state index in [2.05, 4.69) is 10.1 Å². The van der Waals surface area contributed by atoms with Crippen molar-refractivity contribution in [1.82, 2.24) is 9.78 Å². The molecule has 0 aliphatic heterocycles. The van der Waals surface area contributed by atoms with Gasteiger partial charge in [0.15, 0.2) is 0 Å². The van der Waals surface area contributed by atoms with Gasteiger partial charge in [-0.15, -0.1) is 0 Å². The van der Waals surface area contributed by atoms with E-state index in [-0.39, 0.29) is 6.10 Å². The molecule has 1 heterocycles. The van der Waals surface area contributed by atoms with Crippen molar-refractivity contribution in [3.05, 3.63) is 54.1 Å². The monoisotopic (exact) mass is 271 g/mol. The van der Waals surface area contributed by atoms with Crippen LogP contribution in [-0.4, -0.2) is 22.0 Å². The zero-order valence-electron chi connectivity index (χ0n) is 11.6.